The number of alkyl halides is 1. The number of aryl methyl sites for hydroxylation is 2. The largest absolute Gasteiger partial charge is 0.146 e. The Morgan fingerprint density at radius 3 is 2.47 bits per heavy atom. The monoisotopic (exact) mass is 284 g/mol. The molecule has 1 heterocycles. The standard InChI is InChI=1S/C13H17BrS/c1-7-3-12(8(2)15-7)13(14)11-5-9-4-10(9)6-11/h3,9-11,13H,4-6H2,1-2H3. The Kier molecular flexibility index (Phi) is 2.48. The fourth-order valence-corrected chi connectivity index (χ4v) is 5.21. The maximum atomic E-state index is 3.93. The van der Waals surface area contributed by atoms with Crippen molar-refractivity contribution in [1.29, 1.82) is 0 Å². The van der Waals surface area contributed by atoms with E-state index in [0.717, 1.165) is 17.8 Å². The summed E-state index contributed by atoms with van der Waals surface area (Å²) in [5, 5.41) is 0. The van der Waals surface area contributed by atoms with Gasteiger partial charge in [0.05, 0.1) is 0 Å². The number of fused-ring (bicyclic) bond motifs is 1. The molecule has 0 aromatic carbocycles. The summed E-state index contributed by atoms with van der Waals surface area (Å²) in [7, 11) is 0. The topological polar surface area (TPSA) is 0 Å². The molecule has 0 aliphatic heterocycles. The van der Waals surface area contributed by atoms with Crippen molar-refractivity contribution in [3.63, 3.8) is 0 Å². The Labute approximate surface area is 104 Å². The first-order chi connectivity index (χ1) is 7.15. The molecule has 2 aliphatic carbocycles. The molecule has 3 rings (SSSR count). The predicted molar refractivity (Wildman–Crippen MR) is 69.8 cm³/mol. The van der Waals surface area contributed by atoms with Crippen LogP contribution < -0.4 is 0 Å². The lowest BCUT2D eigenvalue weighted by atomic mass is 9.95. The third kappa shape index (κ3) is 1.80. The Morgan fingerprint density at radius 2 is 1.93 bits per heavy atom. The molecule has 15 heavy (non-hydrogen) atoms. The van der Waals surface area contributed by atoms with Crippen LogP contribution in [0, 0.1) is 31.6 Å². The summed E-state index contributed by atoms with van der Waals surface area (Å²) in [4.78, 5) is 3.58. The van der Waals surface area contributed by atoms with Crippen molar-refractivity contribution in [3.8, 4) is 0 Å². The van der Waals surface area contributed by atoms with Gasteiger partial charge in [0.25, 0.3) is 0 Å². The van der Waals surface area contributed by atoms with E-state index in [2.05, 4.69) is 35.8 Å². The zero-order valence-electron chi connectivity index (χ0n) is 9.29. The van der Waals surface area contributed by atoms with Gasteiger partial charge in [0, 0.05) is 14.6 Å². The summed E-state index contributed by atoms with van der Waals surface area (Å²) < 4.78 is 0. The zero-order chi connectivity index (χ0) is 10.6. The van der Waals surface area contributed by atoms with Gasteiger partial charge in [-0.15, -0.1) is 11.3 Å². The molecule has 0 nitrogen and oxygen atoms in total. The molecule has 2 saturated carbocycles. The normalized spacial score (nSPS) is 35.3. The van der Waals surface area contributed by atoms with E-state index in [1.165, 1.54) is 29.0 Å². The molecule has 1 aromatic rings. The molecule has 82 valence electrons. The molecule has 0 radical (unpaired) electrons. The van der Waals surface area contributed by atoms with E-state index in [-0.39, 0.29) is 0 Å². The van der Waals surface area contributed by atoms with Crippen molar-refractivity contribution < 1.29 is 0 Å². The lowest BCUT2D eigenvalue weighted by molar-refractivity contribution is 0.481. The average Bonchev–Trinajstić information content (AvgIpc) is 2.65. The van der Waals surface area contributed by atoms with Crippen LogP contribution >= 0.6 is 27.3 Å². The molecule has 2 heteroatoms. The quantitative estimate of drug-likeness (QED) is 0.682. The highest BCUT2D eigenvalue weighted by atomic mass is 79.9. The van der Waals surface area contributed by atoms with Gasteiger partial charge in [-0.3, -0.25) is 0 Å². The third-order valence-corrected chi connectivity index (χ3v) is 6.29. The SMILES string of the molecule is Cc1cc(C(Br)C2CC3CC3C2)c(C)s1. The van der Waals surface area contributed by atoms with Crippen LogP contribution in [0.3, 0.4) is 0 Å². The Morgan fingerprint density at radius 1 is 1.27 bits per heavy atom. The van der Waals surface area contributed by atoms with Gasteiger partial charge in [-0.05, 0) is 62.5 Å². The molecule has 2 fully saturated rings. The highest BCUT2D eigenvalue weighted by Gasteiger charge is 2.47. The van der Waals surface area contributed by atoms with Gasteiger partial charge >= 0.3 is 0 Å². The van der Waals surface area contributed by atoms with Crippen molar-refractivity contribution in [2.75, 3.05) is 0 Å². The minimum atomic E-state index is 0.621. The Hall–Kier alpha value is 0.180. The predicted octanol–water partition coefficient (Wildman–Crippen LogP) is 4.85. The highest BCUT2D eigenvalue weighted by molar-refractivity contribution is 9.09. The van der Waals surface area contributed by atoms with E-state index >= 15 is 0 Å². The van der Waals surface area contributed by atoms with Crippen molar-refractivity contribution >= 4 is 27.3 Å². The van der Waals surface area contributed by atoms with E-state index in [1.54, 1.807) is 5.56 Å². The maximum absolute atomic E-state index is 3.93. The van der Waals surface area contributed by atoms with Crippen LogP contribution in [0.25, 0.3) is 0 Å². The van der Waals surface area contributed by atoms with Gasteiger partial charge in [0.15, 0.2) is 0 Å². The molecule has 0 saturated heterocycles. The lowest BCUT2D eigenvalue weighted by Gasteiger charge is -2.19. The smallest absolute Gasteiger partial charge is 0.0434 e. The molecule has 0 bridgehead atoms. The van der Waals surface area contributed by atoms with Crippen molar-refractivity contribution in [3.05, 3.63) is 21.4 Å². The van der Waals surface area contributed by atoms with Crippen LogP contribution in [0.2, 0.25) is 0 Å². The van der Waals surface area contributed by atoms with Crippen molar-refractivity contribution in [2.45, 2.75) is 37.9 Å². The van der Waals surface area contributed by atoms with Gasteiger partial charge < -0.3 is 0 Å². The first kappa shape index (κ1) is 10.3. The van der Waals surface area contributed by atoms with E-state index in [0.29, 0.717) is 4.83 Å². The molecule has 2 aliphatic rings. The Bertz CT molecular complexity index is 372. The number of rotatable bonds is 2. The summed E-state index contributed by atoms with van der Waals surface area (Å²) in [5.41, 5.74) is 1.56. The fourth-order valence-electron chi connectivity index (χ4n) is 3.18. The summed E-state index contributed by atoms with van der Waals surface area (Å²) in [6.45, 7) is 4.48. The summed E-state index contributed by atoms with van der Waals surface area (Å²) in [5.74, 6) is 3.09. The van der Waals surface area contributed by atoms with Crippen LogP contribution in [0.1, 0.15) is 39.4 Å². The van der Waals surface area contributed by atoms with E-state index < -0.39 is 0 Å². The second-order valence-electron chi connectivity index (χ2n) is 5.26. The third-order valence-electron chi connectivity index (χ3n) is 4.07. The molecule has 0 N–H and O–H groups in total. The number of thiophene rings is 1. The van der Waals surface area contributed by atoms with Crippen LogP contribution in [0.5, 0.6) is 0 Å². The molecule has 1 aromatic heterocycles. The van der Waals surface area contributed by atoms with Crippen molar-refractivity contribution in [1.82, 2.24) is 0 Å². The van der Waals surface area contributed by atoms with Gasteiger partial charge in [0.1, 0.15) is 0 Å². The Balaban J connectivity index is 1.78. The molecule has 0 amide bonds. The first-order valence-corrected chi connectivity index (χ1v) is 7.59. The molecule has 0 spiro atoms. The molecule has 3 atom stereocenters. The molecular formula is C13H17BrS. The van der Waals surface area contributed by atoms with Crippen molar-refractivity contribution in [2.24, 2.45) is 17.8 Å². The van der Waals surface area contributed by atoms with Crippen LogP contribution in [0.4, 0.5) is 0 Å². The average molecular weight is 285 g/mol. The van der Waals surface area contributed by atoms with Gasteiger partial charge in [-0.1, -0.05) is 15.9 Å². The first-order valence-electron chi connectivity index (χ1n) is 5.86. The van der Waals surface area contributed by atoms with E-state index in [4.69, 9.17) is 0 Å². The van der Waals surface area contributed by atoms with Crippen LogP contribution in [-0.4, -0.2) is 0 Å². The minimum Gasteiger partial charge on any atom is -0.146 e. The molecule has 3 unspecified atom stereocenters. The van der Waals surface area contributed by atoms with Gasteiger partial charge in [0.2, 0.25) is 0 Å². The summed E-state index contributed by atoms with van der Waals surface area (Å²) >= 11 is 5.87. The lowest BCUT2D eigenvalue weighted by Crippen LogP contribution is -2.05. The van der Waals surface area contributed by atoms with Gasteiger partial charge in [-0.25, -0.2) is 0 Å². The second kappa shape index (κ2) is 3.59. The summed E-state index contributed by atoms with van der Waals surface area (Å²) in [6, 6.07) is 2.38. The maximum Gasteiger partial charge on any atom is 0.0434 e. The van der Waals surface area contributed by atoms with Crippen LogP contribution in [0.15, 0.2) is 6.07 Å². The highest BCUT2D eigenvalue weighted by Crippen LogP contribution is 2.59. The van der Waals surface area contributed by atoms with Crippen LogP contribution in [-0.2, 0) is 0 Å². The fraction of sp³-hybridized carbons (Fsp3) is 0.692. The number of hydrogen-bond acceptors (Lipinski definition) is 1. The van der Waals surface area contributed by atoms with E-state index in [1.807, 2.05) is 11.3 Å². The molecular weight excluding hydrogens is 268 g/mol. The number of hydrogen-bond donors (Lipinski definition) is 0. The van der Waals surface area contributed by atoms with E-state index in [9.17, 15) is 0 Å². The number of halogens is 1. The second-order valence-corrected chi connectivity index (χ2v) is 7.70. The summed E-state index contributed by atoms with van der Waals surface area (Å²) in [6.07, 6.45) is 4.46. The zero-order valence-corrected chi connectivity index (χ0v) is 11.7. The minimum absolute atomic E-state index is 0.621. The van der Waals surface area contributed by atoms with Gasteiger partial charge in [-0.2, -0.15) is 0 Å².